The Kier molecular flexibility index (Phi) is 4.18. The predicted molar refractivity (Wildman–Crippen MR) is 109 cm³/mol. The molecule has 1 aromatic heterocycles. The van der Waals surface area contributed by atoms with Gasteiger partial charge in [0.2, 0.25) is 0 Å². The Morgan fingerprint density at radius 2 is 1.19 bits per heavy atom. The molecule has 0 spiro atoms. The third-order valence-electron chi connectivity index (χ3n) is 4.70. The van der Waals surface area contributed by atoms with Crippen molar-refractivity contribution in [2.45, 2.75) is 20.8 Å². The van der Waals surface area contributed by atoms with E-state index in [1.54, 1.807) is 0 Å². The molecule has 0 saturated carbocycles. The van der Waals surface area contributed by atoms with Crippen LogP contribution >= 0.6 is 0 Å². The molecule has 0 bridgehead atoms. The van der Waals surface area contributed by atoms with E-state index in [0.717, 1.165) is 22.6 Å². The Labute approximate surface area is 154 Å². The summed E-state index contributed by atoms with van der Waals surface area (Å²) >= 11 is 0. The fourth-order valence-corrected chi connectivity index (χ4v) is 3.62. The first kappa shape index (κ1) is 16.3. The maximum absolute atomic E-state index is 5.00. The summed E-state index contributed by atoms with van der Waals surface area (Å²) in [6.45, 7) is 6.46. The fourth-order valence-electron chi connectivity index (χ4n) is 3.62. The van der Waals surface area contributed by atoms with Crippen molar-refractivity contribution in [3.63, 3.8) is 0 Å². The maximum Gasteiger partial charge on any atom is 0.0934 e. The highest BCUT2D eigenvalue weighted by molar-refractivity contribution is 5.71. The highest BCUT2D eigenvalue weighted by atomic mass is 15.3. The lowest BCUT2D eigenvalue weighted by Crippen LogP contribution is -2.04. The molecule has 0 aliphatic heterocycles. The number of aromatic nitrogens is 2. The molecule has 0 atom stereocenters. The molecular formula is C24H22N2. The Balaban J connectivity index is 1.98. The van der Waals surface area contributed by atoms with Crippen LogP contribution in [0.2, 0.25) is 0 Å². The standard InChI is InChI=1S/C24H22N2/c1-17-14-18(2)24(19(3)15-17)26-23(21-12-8-5-9-13-21)16-22(25-26)20-10-6-4-7-11-20/h4-16H,1-3H3. The van der Waals surface area contributed by atoms with Gasteiger partial charge in [-0.3, -0.25) is 0 Å². The Bertz CT molecular complexity index is 1020. The number of benzene rings is 3. The lowest BCUT2D eigenvalue weighted by atomic mass is 10.0. The number of rotatable bonds is 3. The van der Waals surface area contributed by atoms with Crippen LogP contribution in [0.3, 0.4) is 0 Å². The summed E-state index contributed by atoms with van der Waals surface area (Å²) in [5, 5.41) is 5.00. The van der Waals surface area contributed by atoms with E-state index < -0.39 is 0 Å². The van der Waals surface area contributed by atoms with E-state index in [1.807, 2.05) is 12.1 Å². The van der Waals surface area contributed by atoms with E-state index in [9.17, 15) is 0 Å². The zero-order valence-corrected chi connectivity index (χ0v) is 15.4. The summed E-state index contributed by atoms with van der Waals surface area (Å²) in [5.74, 6) is 0. The van der Waals surface area contributed by atoms with E-state index >= 15 is 0 Å². The van der Waals surface area contributed by atoms with Gasteiger partial charge in [-0.1, -0.05) is 78.4 Å². The first-order valence-electron chi connectivity index (χ1n) is 8.92. The fraction of sp³-hybridized carbons (Fsp3) is 0.125. The topological polar surface area (TPSA) is 17.8 Å². The van der Waals surface area contributed by atoms with Gasteiger partial charge in [-0.15, -0.1) is 0 Å². The average molecular weight is 338 g/mol. The molecule has 0 N–H and O–H groups in total. The van der Waals surface area contributed by atoms with E-state index in [4.69, 9.17) is 5.10 Å². The molecule has 4 rings (SSSR count). The molecule has 2 heteroatoms. The highest BCUT2D eigenvalue weighted by Crippen LogP contribution is 2.31. The zero-order valence-electron chi connectivity index (χ0n) is 15.4. The maximum atomic E-state index is 5.00. The van der Waals surface area contributed by atoms with Crippen LogP contribution in [0.5, 0.6) is 0 Å². The summed E-state index contributed by atoms with van der Waals surface area (Å²) in [5.41, 5.74) is 9.32. The first-order chi connectivity index (χ1) is 12.6. The van der Waals surface area contributed by atoms with Gasteiger partial charge in [-0.25, -0.2) is 4.68 Å². The predicted octanol–water partition coefficient (Wildman–Crippen LogP) is 6.13. The van der Waals surface area contributed by atoms with Gasteiger partial charge in [0.15, 0.2) is 0 Å². The van der Waals surface area contributed by atoms with Gasteiger partial charge < -0.3 is 0 Å². The Morgan fingerprint density at radius 1 is 0.654 bits per heavy atom. The molecule has 3 aromatic carbocycles. The third-order valence-corrected chi connectivity index (χ3v) is 4.70. The highest BCUT2D eigenvalue weighted by Gasteiger charge is 2.16. The summed E-state index contributed by atoms with van der Waals surface area (Å²) in [6, 6.07) is 27.5. The van der Waals surface area contributed by atoms with Crippen molar-refractivity contribution in [2.24, 2.45) is 0 Å². The van der Waals surface area contributed by atoms with Crippen LogP contribution in [-0.2, 0) is 0 Å². The lowest BCUT2D eigenvalue weighted by Gasteiger charge is -2.14. The summed E-state index contributed by atoms with van der Waals surface area (Å²) in [4.78, 5) is 0. The van der Waals surface area contributed by atoms with E-state index in [1.165, 1.54) is 22.3 Å². The average Bonchev–Trinajstić information content (AvgIpc) is 3.07. The van der Waals surface area contributed by atoms with Crippen LogP contribution in [0.25, 0.3) is 28.2 Å². The largest absolute Gasteiger partial charge is 0.232 e. The minimum atomic E-state index is 0.990. The van der Waals surface area contributed by atoms with Crippen molar-refractivity contribution in [3.8, 4) is 28.2 Å². The van der Waals surface area contributed by atoms with Gasteiger partial charge in [-0.2, -0.15) is 5.10 Å². The van der Waals surface area contributed by atoms with Crippen molar-refractivity contribution >= 4 is 0 Å². The second-order valence-electron chi connectivity index (χ2n) is 6.81. The van der Waals surface area contributed by atoms with Crippen molar-refractivity contribution in [3.05, 3.63) is 95.6 Å². The van der Waals surface area contributed by atoms with E-state index in [0.29, 0.717) is 0 Å². The van der Waals surface area contributed by atoms with Crippen molar-refractivity contribution in [2.75, 3.05) is 0 Å². The second kappa shape index (κ2) is 6.64. The molecule has 0 saturated heterocycles. The molecule has 26 heavy (non-hydrogen) atoms. The van der Waals surface area contributed by atoms with Crippen LogP contribution in [0.1, 0.15) is 16.7 Å². The number of hydrogen-bond acceptors (Lipinski definition) is 1. The van der Waals surface area contributed by atoms with Gasteiger partial charge in [0.05, 0.1) is 17.1 Å². The zero-order chi connectivity index (χ0) is 18.1. The van der Waals surface area contributed by atoms with Gasteiger partial charge >= 0.3 is 0 Å². The number of hydrogen-bond donors (Lipinski definition) is 0. The van der Waals surface area contributed by atoms with Crippen LogP contribution in [0.4, 0.5) is 0 Å². The van der Waals surface area contributed by atoms with E-state index in [2.05, 4.69) is 92.2 Å². The third kappa shape index (κ3) is 2.95. The summed E-state index contributed by atoms with van der Waals surface area (Å²) in [6.07, 6.45) is 0. The number of nitrogens with zero attached hydrogens (tertiary/aromatic N) is 2. The van der Waals surface area contributed by atoms with Gasteiger partial charge in [0.1, 0.15) is 0 Å². The van der Waals surface area contributed by atoms with Crippen LogP contribution in [0.15, 0.2) is 78.9 Å². The molecule has 0 radical (unpaired) electrons. The van der Waals surface area contributed by atoms with Gasteiger partial charge in [-0.05, 0) is 38.0 Å². The monoisotopic (exact) mass is 338 g/mol. The van der Waals surface area contributed by atoms with Gasteiger partial charge in [0.25, 0.3) is 0 Å². The molecular weight excluding hydrogens is 316 g/mol. The van der Waals surface area contributed by atoms with Crippen LogP contribution in [0, 0.1) is 20.8 Å². The lowest BCUT2D eigenvalue weighted by molar-refractivity contribution is 0.874. The minimum Gasteiger partial charge on any atom is -0.232 e. The van der Waals surface area contributed by atoms with Crippen LogP contribution < -0.4 is 0 Å². The quantitative estimate of drug-likeness (QED) is 0.439. The van der Waals surface area contributed by atoms with Crippen LogP contribution in [-0.4, -0.2) is 9.78 Å². The Hall–Kier alpha value is -3.13. The SMILES string of the molecule is Cc1cc(C)c(-n2nc(-c3ccccc3)cc2-c2ccccc2)c(C)c1. The van der Waals surface area contributed by atoms with Gasteiger partial charge in [0, 0.05) is 11.1 Å². The molecule has 4 aromatic rings. The molecule has 0 amide bonds. The van der Waals surface area contributed by atoms with E-state index in [-0.39, 0.29) is 0 Å². The minimum absolute atomic E-state index is 0.990. The molecule has 0 aliphatic rings. The smallest absolute Gasteiger partial charge is 0.0934 e. The Morgan fingerprint density at radius 3 is 1.77 bits per heavy atom. The summed E-state index contributed by atoms with van der Waals surface area (Å²) < 4.78 is 2.10. The molecule has 0 fully saturated rings. The normalized spacial score (nSPS) is 10.9. The molecule has 0 unspecified atom stereocenters. The molecule has 1 heterocycles. The first-order valence-corrected chi connectivity index (χ1v) is 8.92. The summed E-state index contributed by atoms with van der Waals surface area (Å²) in [7, 11) is 0. The van der Waals surface area contributed by atoms with Crippen molar-refractivity contribution < 1.29 is 0 Å². The van der Waals surface area contributed by atoms with Crippen molar-refractivity contribution in [1.82, 2.24) is 9.78 Å². The van der Waals surface area contributed by atoms with Crippen molar-refractivity contribution in [1.29, 1.82) is 0 Å². The molecule has 2 nitrogen and oxygen atoms in total. The molecule has 128 valence electrons. The number of aryl methyl sites for hydroxylation is 3. The second-order valence-corrected chi connectivity index (χ2v) is 6.81. The molecule has 0 aliphatic carbocycles.